The summed E-state index contributed by atoms with van der Waals surface area (Å²) in [5, 5.41) is 3.15. The van der Waals surface area contributed by atoms with Crippen molar-refractivity contribution in [1.82, 2.24) is 9.97 Å². The monoisotopic (exact) mass is 347 g/mol. The van der Waals surface area contributed by atoms with Gasteiger partial charge in [-0.1, -0.05) is 17.7 Å². The van der Waals surface area contributed by atoms with Gasteiger partial charge in [-0.15, -0.1) is 0 Å². The first-order chi connectivity index (χ1) is 11.4. The molecular weight excluding hydrogens is 330 g/mol. The van der Waals surface area contributed by atoms with Crippen LogP contribution < -0.4 is 5.32 Å². The first kappa shape index (κ1) is 17.9. The van der Waals surface area contributed by atoms with Gasteiger partial charge >= 0.3 is 0 Å². The molecule has 0 aliphatic carbocycles. The van der Waals surface area contributed by atoms with Gasteiger partial charge < -0.3 is 10.1 Å². The number of nitrogens with zero attached hydrogens (tertiary/aromatic N) is 2. The van der Waals surface area contributed by atoms with Gasteiger partial charge in [-0.3, -0.25) is 14.6 Å². The van der Waals surface area contributed by atoms with Crippen LogP contribution in [0.15, 0.2) is 18.3 Å². The van der Waals surface area contributed by atoms with Crippen LogP contribution in [0.1, 0.15) is 32.9 Å². The predicted molar refractivity (Wildman–Crippen MR) is 91.4 cm³/mol. The maximum atomic E-state index is 12.5. The molecule has 0 saturated heterocycles. The van der Waals surface area contributed by atoms with E-state index in [1.807, 2.05) is 13.8 Å². The van der Waals surface area contributed by atoms with E-state index in [9.17, 15) is 9.59 Å². The Morgan fingerprint density at radius 3 is 2.75 bits per heavy atom. The van der Waals surface area contributed by atoms with Gasteiger partial charge in [0.15, 0.2) is 0 Å². The number of hydrogen-bond donors (Lipinski definition) is 1. The number of nitrogens with one attached hydrogen (secondary N) is 1. The topological polar surface area (TPSA) is 81.2 Å². The lowest BCUT2D eigenvalue weighted by molar-refractivity contribution is -0.128. The zero-order valence-electron chi connectivity index (χ0n) is 13.7. The van der Waals surface area contributed by atoms with E-state index in [4.69, 9.17) is 16.3 Å². The molecule has 2 heterocycles. The van der Waals surface area contributed by atoms with Crippen molar-refractivity contribution in [2.24, 2.45) is 0 Å². The highest BCUT2D eigenvalue weighted by Gasteiger charge is 2.16. The number of pyridine rings is 2. The molecule has 0 aliphatic rings. The molecule has 0 aromatic carbocycles. The van der Waals surface area contributed by atoms with Gasteiger partial charge in [-0.25, -0.2) is 4.98 Å². The standard InChI is InChI=1S/C17H18ClN3O3/c1-10-4-5-14(18)20-16(10)17(23)21-15-11(2)8-19-13(12(15)3)6-7-24-9-22/h4-5,8-9H,6-7H2,1-3H3,(H,19,21,23). The Morgan fingerprint density at radius 1 is 1.29 bits per heavy atom. The second kappa shape index (κ2) is 7.88. The minimum Gasteiger partial charge on any atom is -0.467 e. The molecule has 0 radical (unpaired) electrons. The average Bonchev–Trinajstić information content (AvgIpc) is 2.55. The number of amides is 1. The second-order valence-electron chi connectivity index (χ2n) is 5.36. The van der Waals surface area contributed by atoms with Gasteiger partial charge in [0.2, 0.25) is 0 Å². The first-order valence-corrected chi connectivity index (χ1v) is 7.76. The van der Waals surface area contributed by atoms with Gasteiger partial charge in [-0.05, 0) is 43.5 Å². The molecular formula is C17H18ClN3O3. The summed E-state index contributed by atoms with van der Waals surface area (Å²) in [6, 6.07) is 3.39. The van der Waals surface area contributed by atoms with Crippen LogP contribution in [0.3, 0.4) is 0 Å². The lowest BCUT2D eigenvalue weighted by Gasteiger charge is -2.15. The van der Waals surface area contributed by atoms with Crippen LogP contribution in [-0.2, 0) is 16.0 Å². The summed E-state index contributed by atoms with van der Waals surface area (Å²) in [6.07, 6.45) is 2.15. The maximum Gasteiger partial charge on any atom is 0.293 e. The zero-order chi connectivity index (χ0) is 17.7. The lowest BCUT2D eigenvalue weighted by Crippen LogP contribution is -2.18. The quantitative estimate of drug-likeness (QED) is 0.493. The zero-order valence-corrected chi connectivity index (χ0v) is 14.5. The lowest BCUT2D eigenvalue weighted by atomic mass is 10.1. The van der Waals surface area contributed by atoms with Crippen molar-refractivity contribution >= 4 is 29.7 Å². The van der Waals surface area contributed by atoms with E-state index in [2.05, 4.69) is 15.3 Å². The van der Waals surface area contributed by atoms with E-state index < -0.39 is 0 Å². The molecule has 0 saturated carbocycles. The summed E-state index contributed by atoms with van der Waals surface area (Å²) < 4.78 is 4.71. The van der Waals surface area contributed by atoms with Crippen LogP contribution >= 0.6 is 11.6 Å². The van der Waals surface area contributed by atoms with Crippen LogP contribution in [0, 0.1) is 20.8 Å². The molecule has 2 aromatic heterocycles. The Labute approximate surface area is 145 Å². The molecule has 2 rings (SSSR count). The first-order valence-electron chi connectivity index (χ1n) is 7.39. The molecule has 0 aliphatic heterocycles. The summed E-state index contributed by atoms with van der Waals surface area (Å²) in [5.41, 5.74) is 4.12. The van der Waals surface area contributed by atoms with Crippen molar-refractivity contribution in [3.05, 3.63) is 51.6 Å². The normalized spacial score (nSPS) is 10.3. The SMILES string of the molecule is Cc1ccc(Cl)nc1C(=O)Nc1c(C)cnc(CCOC=O)c1C. The highest BCUT2D eigenvalue weighted by molar-refractivity contribution is 6.29. The maximum absolute atomic E-state index is 12.5. The van der Waals surface area contributed by atoms with Crippen LogP contribution in [0.4, 0.5) is 5.69 Å². The largest absolute Gasteiger partial charge is 0.467 e. The number of aryl methyl sites for hydroxylation is 2. The fourth-order valence-electron chi connectivity index (χ4n) is 2.33. The van der Waals surface area contributed by atoms with Gasteiger partial charge in [0.1, 0.15) is 10.8 Å². The summed E-state index contributed by atoms with van der Waals surface area (Å²) in [5.74, 6) is -0.331. The van der Waals surface area contributed by atoms with E-state index >= 15 is 0 Å². The molecule has 1 amide bonds. The van der Waals surface area contributed by atoms with E-state index in [0.29, 0.717) is 18.6 Å². The third-order valence-corrected chi connectivity index (χ3v) is 3.87. The van der Waals surface area contributed by atoms with E-state index in [1.165, 1.54) is 0 Å². The molecule has 2 aromatic rings. The van der Waals surface area contributed by atoms with Crippen LogP contribution in [0.5, 0.6) is 0 Å². The molecule has 0 spiro atoms. The molecule has 24 heavy (non-hydrogen) atoms. The van der Waals surface area contributed by atoms with E-state index in [-0.39, 0.29) is 23.4 Å². The van der Waals surface area contributed by atoms with Crippen LogP contribution in [0.25, 0.3) is 0 Å². The Balaban J connectivity index is 2.28. The average molecular weight is 348 g/mol. The predicted octanol–water partition coefficient (Wildman–Crippen LogP) is 3.02. The molecule has 1 N–H and O–H groups in total. The summed E-state index contributed by atoms with van der Waals surface area (Å²) in [4.78, 5) is 31.2. The summed E-state index contributed by atoms with van der Waals surface area (Å²) in [6.45, 7) is 6.17. The van der Waals surface area contributed by atoms with Crippen molar-refractivity contribution in [3.63, 3.8) is 0 Å². The fourth-order valence-corrected chi connectivity index (χ4v) is 2.48. The molecule has 126 valence electrons. The molecule has 0 bridgehead atoms. The second-order valence-corrected chi connectivity index (χ2v) is 5.75. The van der Waals surface area contributed by atoms with Crippen molar-refractivity contribution < 1.29 is 14.3 Å². The number of aromatic nitrogens is 2. The van der Waals surface area contributed by atoms with Gasteiger partial charge in [0.25, 0.3) is 12.4 Å². The highest BCUT2D eigenvalue weighted by Crippen LogP contribution is 2.23. The van der Waals surface area contributed by atoms with E-state index in [0.717, 1.165) is 22.4 Å². The fraction of sp³-hybridized carbons (Fsp3) is 0.294. The summed E-state index contributed by atoms with van der Waals surface area (Å²) >= 11 is 5.88. The smallest absolute Gasteiger partial charge is 0.293 e. The minimum absolute atomic E-state index is 0.239. The molecule has 0 unspecified atom stereocenters. The van der Waals surface area contributed by atoms with Gasteiger partial charge in [0, 0.05) is 18.3 Å². The van der Waals surface area contributed by atoms with Crippen LogP contribution in [0.2, 0.25) is 5.15 Å². The minimum atomic E-state index is -0.331. The van der Waals surface area contributed by atoms with Crippen molar-refractivity contribution in [2.75, 3.05) is 11.9 Å². The number of ether oxygens (including phenoxy) is 1. The Bertz CT molecular complexity index is 778. The van der Waals surface area contributed by atoms with Gasteiger partial charge in [-0.2, -0.15) is 0 Å². The third-order valence-electron chi connectivity index (χ3n) is 3.66. The Hall–Kier alpha value is -2.47. The van der Waals surface area contributed by atoms with Crippen LogP contribution in [-0.4, -0.2) is 29.0 Å². The molecule has 0 fully saturated rings. The number of anilines is 1. The van der Waals surface area contributed by atoms with Crippen molar-refractivity contribution in [2.45, 2.75) is 27.2 Å². The van der Waals surface area contributed by atoms with Gasteiger partial charge in [0.05, 0.1) is 12.3 Å². The summed E-state index contributed by atoms with van der Waals surface area (Å²) in [7, 11) is 0. The number of carbonyl (C=O) groups is 2. The molecule has 0 atom stereocenters. The number of carbonyl (C=O) groups excluding carboxylic acids is 2. The third kappa shape index (κ3) is 4.08. The number of halogens is 1. The van der Waals surface area contributed by atoms with Crippen molar-refractivity contribution in [3.8, 4) is 0 Å². The van der Waals surface area contributed by atoms with Crippen molar-refractivity contribution in [1.29, 1.82) is 0 Å². The number of rotatable bonds is 6. The Kier molecular flexibility index (Phi) is 5.87. The number of hydrogen-bond acceptors (Lipinski definition) is 5. The molecule has 7 heteroatoms. The Morgan fingerprint density at radius 2 is 2.04 bits per heavy atom. The highest BCUT2D eigenvalue weighted by atomic mass is 35.5. The molecule has 6 nitrogen and oxygen atoms in total. The van der Waals surface area contributed by atoms with E-state index in [1.54, 1.807) is 25.3 Å².